The maximum Gasteiger partial charge on any atom is 0.277 e. The molecule has 2 aromatic heterocycles. The van der Waals surface area contributed by atoms with Crippen LogP contribution < -0.4 is 10.9 Å². The average Bonchev–Trinajstić information content (AvgIpc) is 3.09. The molecule has 0 aliphatic heterocycles. The molecule has 0 atom stereocenters. The van der Waals surface area contributed by atoms with Crippen molar-refractivity contribution in [1.29, 1.82) is 0 Å². The van der Waals surface area contributed by atoms with Crippen LogP contribution in [0.3, 0.4) is 0 Å². The van der Waals surface area contributed by atoms with Gasteiger partial charge >= 0.3 is 0 Å². The maximum atomic E-state index is 13.0. The lowest BCUT2D eigenvalue weighted by atomic mass is 10.1. The Labute approximate surface area is 173 Å². The van der Waals surface area contributed by atoms with E-state index in [-0.39, 0.29) is 5.56 Å². The van der Waals surface area contributed by atoms with Gasteiger partial charge in [0.1, 0.15) is 5.82 Å². The molecule has 0 amide bonds. The normalized spacial score (nSPS) is 11.2. The molecular formula is C22H22ClN5O. The second kappa shape index (κ2) is 7.72. The highest BCUT2D eigenvalue weighted by Crippen LogP contribution is 2.17. The van der Waals surface area contributed by atoms with Crippen LogP contribution in [0.25, 0.3) is 5.78 Å². The lowest BCUT2D eigenvalue weighted by Crippen LogP contribution is -2.22. The monoisotopic (exact) mass is 407 g/mol. The van der Waals surface area contributed by atoms with Gasteiger partial charge in [-0.05, 0) is 50.1 Å². The van der Waals surface area contributed by atoms with Gasteiger partial charge in [-0.25, -0.2) is 4.98 Å². The van der Waals surface area contributed by atoms with E-state index in [1.807, 2.05) is 37.3 Å². The number of aryl methyl sites for hydroxylation is 3. The molecule has 0 spiro atoms. The number of nitrogens with one attached hydrogen (secondary N) is 2. The molecule has 6 nitrogen and oxygen atoms in total. The first-order chi connectivity index (χ1) is 13.9. The molecule has 0 fully saturated rings. The molecule has 2 aromatic carbocycles. The average molecular weight is 408 g/mol. The molecular weight excluding hydrogens is 386 g/mol. The summed E-state index contributed by atoms with van der Waals surface area (Å²) in [5, 5.41) is 7.11. The van der Waals surface area contributed by atoms with E-state index in [9.17, 15) is 4.79 Å². The third-order valence-electron chi connectivity index (χ3n) is 4.96. The van der Waals surface area contributed by atoms with Crippen LogP contribution in [-0.4, -0.2) is 19.6 Å². The molecule has 0 saturated heterocycles. The number of fused-ring (bicyclic) bond motifs is 1. The van der Waals surface area contributed by atoms with Crippen LogP contribution >= 0.6 is 11.6 Å². The van der Waals surface area contributed by atoms with Crippen LogP contribution in [0.4, 0.5) is 5.69 Å². The smallest absolute Gasteiger partial charge is 0.277 e. The molecule has 0 saturated carbocycles. The predicted molar refractivity (Wildman–Crippen MR) is 116 cm³/mol. The fourth-order valence-electron chi connectivity index (χ4n) is 3.38. The molecule has 4 rings (SSSR count). The van der Waals surface area contributed by atoms with Gasteiger partial charge in [-0.3, -0.25) is 9.89 Å². The van der Waals surface area contributed by atoms with Crippen LogP contribution in [0, 0.1) is 20.8 Å². The molecule has 148 valence electrons. The van der Waals surface area contributed by atoms with E-state index in [1.54, 1.807) is 0 Å². The third kappa shape index (κ3) is 4.03. The first-order valence-electron chi connectivity index (χ1n) is 9.43. The highest BCUT2D eigenvalue weighted by molar-refractivity contribution is 6.30. The first kappa shape index (κ1) is 19.2. The minimum atomic E-state index is -0.132. The molecule has 0 unspecified atom stereocenters. The van der Waals surface area contributed by atoms with Crippen LogP contribution in [-0.2, 0) is 13.0 Å². The van der Waals surface area contributed by atoms with Crippen LogP contribution in [0.2, 0.25) is 5.02 Å². The summed E-state index contributed by atoms with van der Waals surface area (Å²) < 4.78 is 1.41. The molecule has 2 N–H and O–H groups in total. The van der Waals surface area contributed by atoms with E-state index >= 15 is 0 Å². The Morgan fingerprint density at radius 3 is 2.55 bits per heavy atom. The number of aromatic nitrogens is 4. The van der Waals surface area contributed by atoms with E-state index in [0.717, 1.165) is 16.8 Å². The van der Waals surface area contributed by atoms with Gasteiger partial charge < -0.3 is 5.32 Å². The van der Waals surface area contributed by atoms with E-state index in [0.29, 0.717) is 40.8 Å². The summed E-state index contributed by atoms with van der Waals surface area (Å²) >= 11 is 5.95. The first-order valence-corrected chi connectivity index (χ1v) is 9.81. The second-order valence-corrected chi connectivity index (χ2v) is 7.70. The minimum Gasteiger partial charge on any atom is -0.378 e. The van der Waals surface area contributed by atoms with Crippen LogP contribution in [0.15, 0.2) is 47.3 Å². The Morgan fingerprint density at radius 2 is 1.83 bits per heavy atom. The van der Waals surface area contributed by atoms with Gasteiger partial charge in [-0.15, -0.1) is 0 Å². The molecule has 7 heteroatoms. The number of rotatable bonds is 5. The van der Waals surface area contributed by atoms with Gasteiger partial charge in [0, 0.05) is 22.7 Å². The number of H-pyrrole nitrogens is 1. The van der Waals surface area contributed by atoms with Gasteiger partial charge in [0.25, 0.3) is 11.3 Å². The standard InChI is InChI=1S/C22H22ClN5O/c1-13-4-9-19(14(2)10-13)24-12-20-26-22-25-15(3)18(21(29)28(22)27-20)11-16-5-7-17(23)8-6-16/h4-10,24H,11-12H2,1-3H3,(H,25,26,27). The molecule has 0 radical (unpaired) electrons. The summed E-state index contributed by atoms with van der Waals surface area (Å²) in [5.74, 6) is 1.03. The Balaban J connectivity index is 1.61. The van der Waals surface area contributed by atoms with Crippen molar-refractivity contribution in [3.8, 4) is 0 Å². The van der Waals surface area contributed by atoms with E-state index < -0.39 is 0 Å². The number of benzene rings is 2. The largest absolute Gasteiger partial charge is 0.378 e. The SMILES string of the molecule is Cc1ccc(NCc2nc3nc(C)c(Cc4ccc(Cl)cc4)c(=O)n3[nH]2)c(C)c1. The second-order valence-electron chi connectivity index (χ2n) is 7.26. The highest BCUT2D eigenvalue weighted by Gasteiger charge is 2.14. The Bertz CT molecular complexity index is 1240. The summed E-state index contributed by atoms with van der Waals surface area (Å²) in [6.45, 7) is 6.44. The zero-order valence-electron chi connectivity index (χ0n) is 16.6. The van der Waals surface area contributed by atoms with Gasteiger partial charge in [-0.1, -0.05) is 41.4 Å². The number of hydrogen-bond acceptors (Lipinski definition) is 4. The lowest BCUT2D eigenvalue weighted by Gasteiger charge is -2.08. The summed E-state index contributed by atoms with van der Waals surface area (Å²) in [7, 11) is 0. The van der Waals surface area contributed by atoms with E-state index in [4.69, 9.17) is 11.6 Å². The summed E-state index contributed by atoms with van der Waals surface area (Å²) in [5.41, 5.74) is 5.62. The zero-order chi connectivity index (χ0) is 20.5. The predicted octanol–water partition coefficient (Wildman–Crippen LogP) is 4.20. The van der Waals surface area contributed by atoms with Crippen molar-refractivity contribution in [3.63, 3.8) is 0 Å². The summed E-state index contributed by atoms with van der Waals surface area (Å²) in [6.07, 6.45) is 0.493. The highest BCUT2D eigenvalue weighted by atomic mass is 35.5. The topological polar surface area (TPSA) is 75.1 Å². The van der Waals surface area contributed by atoms with Crippen molar-refractivity contribution >= 4 is 23.1 Å². The molecule has 2 heterocycles. The lowest BCUT2D eigenvalue weighted by molar-refractivity contribution is 0.832. The van der Waals surface area contributed by atoms with Crippen LogP contribution in [0.1, 0.15) is 33.8 Å². The fraction of sp³-hybridized carbons (Fsp3) is 0.227. The van der Waals surface area contributed by atoms with Crippen molar-refractivity contribution in [1.82, 2.24) is 19.6 Å². The molecule has 0 bridgehead atoms. The zero-order valence-corrected chi connectivity index (χ0v) is 17.3. The number of aromatic amines is 1. The van der Waals surface area contributed by atoms with Crippen molar-refractivity contribution in [2.24, 2.45) is 0 Å². The van der Waals surface area contributed by atoms with Gasteiger partial charge in [0.15, 0.2) is 0 Å². The Morgan fingerprint density at radius 1 is 1.07 bits per heavy atom. The van der Waals surface area contributed by atoms with E-state index in [1.165, 1.54) is 10.1 Å². The summed E-state index contributed by atoms with van der Waals surface area (Å²) in [6, 6.07) is 13.7. The van der Waals surface area contributed by atoms with Gasteiger partial charge in [0.05, 0.1) is 12.2 Å². The molecule has 29 heavy (non-hydrogen) atoms. The van der Waals surface area contributed by atoms with E-state index in [2.05, 4.69) is 46.4 Å². The molecule has 0 aliphatic rings. The number of hydrogen-bond donors (Lipinski definition) is 2. The quantitative estimate of drug-likeness (QED) is 0.520. The number of nitrogens with zero attached hydrogens (tertiary/aromatic N) is 3. The Kier molecular flexibility index (Phi) is 5.11. The number of anilines is 1. The van der Waals surface area contributed by atoms with Crippen molar-refractivity contribution in [2.45, 2.75) is 33.7 Å². The van der Waals surface area contributed by atoms with Crippen LogP contribution in [0.5, 0.6) is 0 Å². The van der Waals surface area contributed by atoms with Gasteiger partial charge in [0.2, 0.25) is 0 Å². The molecule has 0 aliphatic carbocycles. The Hall–Kier alpha value is -3.12. The van der Waals surface area contributed by atoms with Crippen molar-refractivity contribution < 1.29 is 0 Å². The van der Waals surface area contributed by atoms with Gasteiger partial charge in [-0.2, -0.15) is 9.50 Å². The number of halogens is 1. The summed E-state index contributed by atoms with van der Waals surface area (Å²) in [4.78, 5) is 22.0. The van der Waals surface area contributed by atoms with Crippen molar-refractivity contribution in [2.75, 3.05) is 5.32 Å². The third-order valence-corrected chi connectivity index (χ3v) is 5.22. The molecule has 4 aromatic rings. The maximum absolute atomic E-state index is 13.0. The fourth-order valence-corrected chi connectivity index (χ4v) is 3.50. The minimum absolute atomic E-state index is 0.132. The van der Waals surface area contributed by atoms with Crippen molar-refractivity contribution in [3.05, 3.63) is 91.6 Å².